The van der Waals surface area contributed by atoms with Gasteiger partial charge in [-0.15, -0.1) is 11.3 Å². The average Bonchev–Trinajstić information content (AvgIpc) is 3.31. The van der Waals surface area contributed by atoms with E-state index in [2.05, 4.69) is 6.07 Å². The van der Waals surface area contributed by atoms with Crippen LogP contribution in [0.2, 0.25) is 0 Å². The lowest BCUT2D eigenvalue weighted by molar-refractivity contribution is 0.0699. The predicted octanol–water partition coefficient (Wildman–Crippen LogP) is 6.62. The Labute approximate surface area is 187 Å². The fourth-order valence-electron chi connectivity index (χ4n) is 4.19. The van der Waals surface area contributed by atoms with Crippen LogP contribution >= 0.6 is 11.3 Å². The third-order valence-electron chi connectivity index (χ3n) is 5.75. The van der Waals surface area contributed by atoms with Crippen molar-refractivity contribution in [2.45, 2.75) is 12.5 Å². The molecule has 1 aromatic heterocycles. The summed E-state index contributed by atoms with van der Waals surface area (Å²) in [6.07, 6.45) is 0.723. The number of hydrogen-bond donors (Lipinski definition) is 0. The van der Waals surface area contributed by atoms with Gasteiger partial charge in [0.05, 0.1) is 10.9 Å². The summed E-state index contributed by atoms with van der Waals surface area (Å²) in [4.78, 5) is 16.5. The fourth-order valence-corrected chi connectivity index (χ4v) is 5.15. The summed E-state index contributed by atoms with van der Waals surface area (Å²) < 4.78 is 40.5. The molecular formula is C26H18F3NOS. The normalized spacial score (nSPS) is 15.5. The number of carbonyl (C=O) groups is 1. The van der Waals surface area contributed by atoms with E-state index in [4.69, 9.17) is 0 Å². The van der Waals surface area contributed by atoms with Crippen molar-refractivity contribution in [2.24, 2.45) is 0 Å². The Morgan fingerprint density at radius 2 is 1.66 bits per heavy atom. The Balaban J connectivity index is 1.51. The molecule has 5 rings (SSSR count). The number of fused-ring (bicyclic) bond motifs is 1. The summed E-state index contributed by atoms with van der Waals surface area (Å²) in [6, 6.07) is 21.0. The molecular weight excluding hydrogens is 431 g/mol. The standard InChI is InChI=1S/C26H18F3NOS/c27-19-8-5-17(6-9-19)25-20-4-2-1-3-16(20)13-14-30(25)26(31)24-12-11-23(32-24)18-7-10-21(28)22(29)15-18/h1-12,15,25H,13-14H2. The first kappa shape index (κ1) is 20.5. The van der Waals surface area contributed by atoms with Crippen LogP contribution in [0.15, 0.2) is 78.9 Å². The maximum absolute atomic E-state index is 13.7. The summed E-state index contributed by atoms with van der Waals surface area (Å²) in [5.41, 5.74) is 3.55. The van der Waals surface area contributed by atoms with E-state index in [0.29, 0.717) is 21.9 Å². The first-order valence-electron chi connectivity index (χ1n) is 10.2. The maximum atomic E-state index is 13.7. The molecule has 1 aliphatic heterocycles. The van der Waals surface area contributed by atoms with E-state index in [-0.39, 0.29) is 17.8 Å². The zero-order valence-corrected chi connectivity index (χ0v) is 17.7. The quantitative estimate of drug-likeness (QED) is 0.344. The predicted molar refractivity (Wildman–Crippen MR) is 119 cm³/mol. The number of amides is 1. The van der Waals surface area contributed by atoms with Crippen LogP contribution in [0, 0.1) is 17.5 Å². The maximum Gasteiger partial charge on any atom is 0.264 e. The molecule has 1 amide bonds. The van der Waals surface area contributed by atoms with Crippen LogP contribution in [0.25, 0.3) is 10.4 Å². The Morgan fingerprint density at radius 3 is 2.44 bits per heavy atom. The topological polar surface area (TPSA) is 20.3 Å². The molecule has 0 saturated heterocycles. The van der Waals surface area contributed by atoms with Crippen LogP contribution in [-0.4, -0.2) is 17.4 Å². The Morgan fingerprint density at radius 1 is 0.875 bits per heavy atom. The van der Waals surface area contributed by atoms with Gasteiger partial charge in [0, 0.05) is 11.4 Å². The second-order valence-corrected chi connectivity index (χ2v) is 8.78. The molecule has 3 aromatic carbocycles. The van der Waals surface area contributed by atoms with Gasteiger partial charge in [0.1, 0.15) is 5.82 Å². The molecule has 0 saturated carbocycles. The number of rotatable bonds is 3. The van der Waals surface area contributed by atoms with E-state index in [0.717, 1.165) is 29.7 Å². The SMILES string of the molecule is O=C(c1ccc(-c2ccc(F)c(F)c2)s1)N1CCc2ccccc2C1c1ccc(F)cc1. The van der Waals surface area contributed by atoms with E-state index in [9.17, 15) is 18.0 Å². The molecule has 1 aliphatic rings. The molecule has 1 unspecified atom stereocenters. The molecule has 2 nitrogen and oxygen atoms in total. The number of thiophene rings is 1. The smallest absolute Gasteiger partial charge is 0.264 e. The second-order valence-electron chi connectivity index (χ2n) is 7.69. The highest BCUT2D eigenvalue weighted by Gasteiger charge is 2.33. The molecule has 0 fully saturated rings. The van der Waals surface area contributed by atoms with Gasteiger partial charge in [-0.3, -0.25) is 4.79 Å². The van der Waals surface area contributed by atoms with Crippen LogP contribution in [-0.2, 0) is 6.42 Å². The Bertz CT molecular complexity index is 1300. The van der Waals surface area contributed by atoms with Gasteiger partial charge >= 0.3 is 0 Å². The molecule has 0 aliphatic carbocycles. The molecule has 32 heavy (non-hydrogen) atoms. The van der Waals surface area contributed by atoms with Crippen LogP contribution in [0.1, 0.15) is 32.4 Å². The first-order valence-corrected chi connectivity index (χ1v) is 11.0. The van der Waals surface area contributed by atoms with E-state index in [1.54, 1.807) is 29.2 Å². The zero-order valence-electron chi connectivity index (χ0n) is 16.9. The van der Waals surface area contributed by atoms with Crippen molar-refractivity contribution in [1.82, 2.24) is 4.90 Å². The molecule has 1 atom stereocenters. The van der Waals surface area contributed by atoms with Gasteiger partial charge in [0.15, 0.2) is 11.6 Å². The number of hydrogen-bond acceptors (Lipinski definition) is 2. The lowest BCUT2D eigenvalue weighted by Crippen LogP contribution is -2.40. The summed E-state index contributed by atoms with van der Waals surface area (Å²) in [5, 5.41) is 0. The Kier molecular flexibility index (Phi) is 5.31. The highest BCUT2D eigenvalue weighted by molar-refractivity contribution is 7.17. The minimum Gasteiger partial charge on any atom is -0.326 e. The summed E-state index contributed by atoms with van der Waals surface area (Å²) in [7, 11) is 0. The van der Waals surface area contributed by atoms with Gasteiger partial charge < -0.3 is 4.90 Å². The van der Waals surface area contributed by atoms with E-state index < -0.39 is 11.6 Å². The molecule has 6 heteroatoms. The van der Waals surface area contributed by atoms with Crippen LogP contribution in [0.5, 0.6) is 0 Å². The highest BCUT2D eigenvalue weighted by Crippen LogP contribution is 2.38. The van der Waals surface area contributed by atoms with Crippen LogP contribution in [0.4, 0.5) is 13.2 Å². The zero-order chi connectivity index (χ0) is 22.2. The second kappa shape index (κ2) is 8.28. The van der Waals surface area contributed by atoms with Crippen molar-refractivity contribution in [1.29, 1.82) is 0 Å². The van der Waals surface area contributed by atoms with Crippen molar-refractivity contribution in [3.63, 3.8) is 0 Å². The molecule has 2 heterocycles. The molecule has 160 valence electrons. The van der Waals surface area contributed by atoms with Gasteiger partial charge in [0.2, 0.25) is 0 Å². The van der Waals surface area contributed by atoms with Gasteiger partial charge in [-0.25, -0.2) is 13.2 Å². The average molecular weight is 449 g/mol. The Hall–Kier alpha value is -3.38. The number of carbonyl (C=O) groups excluding carboxylic acids is 1. The van der Waals surface area contributed by atoms with Crippen LogP contribution < -0.4 is 0 Å². The minimum absolute atomic E-state index is 0.146. The number of nitrogens with zero attached hydrogens (tertiary/aromatic N) is 1. The number of halogens is 3. The minimum atomic E-state index is -0.923. The van der Waals surface area contributed by atoms with Crippen molar-refractivity contribution in [3.05, 3.63) is 118 Å². The summed E-state index contributed by atoms with van der Waals surface area (Å²) in [6.45, 7) is 0.524. The highest BCUT2D eigenvalue weighted by atomic mass is 32.1. The molecule has 0 radical (unpaired) electrons. The van der Waals surface area contributed by atoms with Gasteiger partial charge in [0.25, 0.3) is 5.91 Å². The third-order valence-corrected chi connectivity index (χ3v) is 6.87. The molecule has 0 N–H and O–H groups in total. The monoisotopic (exact) mass is 449 g/mol. The first-order chi connectivity index (χ1) is 15.5. The largest absolute Gasteiger partial charge is 0.326 e. The van der Waals surface area contributed by atoms with E-state index in [1.807, 2.05) is 18.2 Å². The van der Waals surface area contributed by atoms with E-state index in [1.165, 1.54) is 35.1 Å². The van der Waals surface area contributed by atoms with Gasteiger partial charge in [-0.2, -0.15) is 0 Å². The van der Waals surface area contributed by atoms with Crippen molar-refractivity contribution in [3.8, 4) is 10.4 Å². The van der Waals surface area contributed by atoms with Gasteiger partial charge in [-0.1, -0.05) is 42.5 Å². The fraction of sp³-hybridized carbons (Fsp3) is 0.115. The van der Waals surface area contributed by atoms with Gasteiger partial charge in [-0.05, 0) is 65.1 Å². The van der Waals surface area contributed by atoms with Crippen LogP contribution in [0.3, 0.4) is 0 Å². The van der Waals surface area contributed by atoms with Crippen molar-refractivity contribution >= 4 is 17.2 Å². The molecule has 0 bridgehead atoms. The van der Waals surface area contributed by atoms with E-state index >= 15 is 0 Å². The van der Waals surface area contributed by atoms with Crippen molar-refractivity contribution < 1.29 is 18.0 Å². The molecule has 0 spiro atoms. The summed E-state index contributed by atoms with van der Waals surface area (Å²) >= 11 is 1.24. The summed E-state index contributed by atoms with van der Waals surface area (Å²) in [5.74, 6) is -2.30. The lowest BCUT2D eigenvalue weighted by atomic mass is 9.88. The third kappa shape index (κ3) is 3.71. The molecule has 4 aromatic rings. The lowest BCUT2D eigenvalue weighted by Gasteiger charge is -2.37. The number of benzene rings is 3. The van der Waals surface area contributed by atoms with Crippen molar-refractivity contribution in [2.75, 3.05) is 6.54 Å².